The lowest BCUT2D eigenvalue weighted by atomic mass is 10.1. The van der Waals surface area contributed by atoms with Gasteiger partial charge < -0.3 is 10.2 Å². The number of anilines is 1. The zero-order valence-corrected chi connectivity index (χ0v) is 12.6. The summed E-state index contributed by atoms with van der Waals surface area (Å²) in [5.41, 5.74) is 2.61. The largest absolute Gasteiger partial charge is 0.367 e. The van der Waals surface area contributed by atoms with Gasteiger partial charge in [-0.05, 0) is 43.7 Å². The van der Waals surface area contributed by atoms with Crippen molar-refractivity contribution in [2.24, 2.45) is 5.92 Å². The summed E-state index contributed by atoms with van der Waals surface area (Å²) in [6.45, 7) is 6.71. The number of nitrogens with zero attached hydrogens (tertiary/aromatic N) is 1. The molecule has 19 heavy (non-hydrogen) atoms. The van der Waals surface area contributed by atoms with E-state index in [1.165, 1.54) is 30.5 Å². The van der Waals surface area contributed by atoms with Crippen LogP contribution in [0.15, 0.2) is 18.2 Å². The molecule has 1 N–H and O–H groups in total. The van der Waals surface area contributed by atoms with Crippen molar-refractivity contribution < 1.29 is 0 Å². The van der Waals surface area contributed by atoms with Crippen LogP contribution in [0.25, 0.3) is 0 Å². The van der Waals surface area contributed by atoms with E-state index < -0.39 is 0 Å². The molecule has 2 fully saturated rings. The zero-order valence-electron chi connectivity index (χ0n) is 11.8. The summed E-state index contributed by atoms with van der Waals surface area (Å²) in [5, 5.41) is 4.50. The Hall–Kier alpha value is -0.730. The Bertz CT molecular complexity index is 456. The maximum atomic E-state index is 6.48. The van der Waals surface area contributed by atoms with Crippen molar-refractivity contribution in [1.82, 2.24) is 5.32 Å². The van der Waals surface area contributed by atoms with Crippen molar-refractivity contribution in [3.05, 3.63) is 28.8 Å². The van der Waals surface area contributed by atoms with Crippen molar-refractivity contribution in [3.63, 3.8) is 0 Å². The molecular formula is C16H23ClN2. The lowest BCUT2D eigenvalue weighted by Gasteiger charge is -2.28. The Morgan fingerprint density at radius 2 is 2.11 bits per heavy atom. The molecule has 2 aliphatic rings. The first-order valence-corrected chi connectivity index (χ1v) is 7.80. The van der Waals surface area contributed by atoms with E-state index in [0.29, 0.717) is 6.04 Å². The molecule has 0 aromatic heterocycles. The summed E-state index contributed by atoms with van der Waals surface area (Å²) in [5.74, 6) is 0.760. The molecule has 104 valence electrons. The van der Waals surface area contributed by atoms with E-state index in [1.54, 1.807) is 0 Å². The number of halogens is 1. The summed E-state index contributed by atoms with van der Waals surface area (Å²) in [6.07, 6.45) is 3.92. The predicted octanol–water partition coefficient (Wildman–Crippen LogP) is 3.83. The van der Waals surface area contributed by atoms with Crippen LogP contribution in [0.4, 0.5) is 5.69 Å². The van der Waals surface area contributed by atoms with Crippen LogP contribution in [-0.4, -0.2) is 18.6 Å². The Morgan fingerprint density at radius 1 is 1.32 bits per heavy atom. The standard InChI is InChI=1S/C16H23ClN2/c1-11-8-12(2)19(10-11)16-13(4-3-5-15(16)17)9-18-14-6-7-14/h3-5,11-12,14,18H,6-10H2,1-2H3. The summed E-state index contributed by atoms with van der Waals surface area (Å²) >= 11 is 6.48. The van der Waals surface area contributed by atoms with Gasteiger partial charge in [0.05, 0.1) is 10.7 Å². The minimum absolute atomic E-state index is 0.592. The smallest absolute Gasteiger partial charge is 0.0643 e. The van der Waals surface area contributed by atoms with Crippen LogP contribution in [0.5, 0.6) is 0 Å². The van der Waals surface area contributed by atoms with Crippen LogP contribution in [0.1, 0.15) is 38.7 Å². The molecule has 1 aliphatic carbocycles. The van der Waals surface area contributed by atoms with Gasteiger partial charge in [0.2, 0.25) is 0 Å². The lowest BCUT2D eigenvalue weighted by molar-refractivity contribution is 0.625. The molecule has 0 spiro atoms. The minimum atomic E-state index is 0.592. The van der Waals surface area contributed by atoms with Crippen LogP contribution in [0.2, 0.25) is 5.02 Å². The molecule has 0 amide bonds. The van der Waals surface area contributed by atoms with Gasteiger partial charge >= 0.3 is 0 Å². The van der Waals surface area contributed by atoms with Crippen molar-refractivity contribution in [1.29, 1.82) is 0 Å². The van der Waals surface area contributed by atoms with Gasteiger partial charge in [0.1, 0.15) is 0 Å². The SMILES string of the molecule is CC1CC(C)N(c2c(Cl)cccc2CNC2CC2)C1. The van der Waals surface area contributed by atoms with E-state index in [2.05, 4.69) is 36.2 Å². The Kier molecular flexibility index (Phi) is 3.72. The fraction of sp³-hybridized carbons (Fsp3) is 0.625. The summed E-state index contributed by atoms with van der Waals surface area (Å²) in [4.78, 5) is 2.50. The number of para-hydroxylation sites is 1. The van der Waals surface area contributed by atoms with Crippen molar-refractivity contribution in [2.45, 2.75) is 51.7 Å². The van der Waals surface area contributed by atoms with E-state index in [0.717, 1.165) is 30.1 Å². The third-order valence-electron chi connectivity index (χ3n) is 4.30. The van der Waals surface area contributed by atoms with Gasteiger partial charge in [-0.1, -0.05) is 30.7 Å². The quantitative estimate of drug-likeness (QED) is 0.901. The fourth-order valence-corrected chi connectivity index (χ4v) is 3.48. The van der Waals surface area contributed by atoms with Gasteiger partial charge in [0, 0.05) is 25.2 Å². The van der Waals surface area contributed by atoms with Crippen LogP contribution < -0.4 is 10.2 Å². The topological polar surface area (TPSA) is 15.3 Å². The monoisotopic (exact) mass is 278 g/mol. The molecule has 1 aromatic carbocycles. The van der Waals surface area contributed by atoms with Gasteiger partial charge in [-0.3, -0.25) is 0 Å². The third-order valence-corrected chi connectivity index (χ3v) is 4.61. The average molecular weight is 279 g/mol. The first-order chi connectivity index (χ1) is 9.15. The molecule has 3 rings (SSSR count). The van der Waals surface area contributed by atoms with E-state index in [-0.39, 0.29) is 0 Å². The molecule has 1 saturated carbocycles. The number of rotatable bonds is 4. The zero-order chi connectivity index (χ0) is 13.4. The molecular weight excluding hydrogens is 256 g/mol. The van der Waals surface area contributed by atoms with E-state index >= 15 is 0 Å². The summed E-state index contributed by atoms with van der Waals surface area (Å²) in [7, 11) is 0. The maximum absolute atomic E-state index is 6.48. The molecule has 1 aromatic rings. The number of hydrogen-bond acceptors (Lipinski definition) is 2. The third kappa shape index (κ3) is 2.90. The fourth-order valence-electron chi connectivity index (χ4n) is 3.18. The number of nitrogens with one attached hydrogen (secondary N) is 1. The Morgan fingerprint density at radius 3 is 2.74 bits per heavy atom. The van der Waals surface area contributed by atoms with Crippen LogP contribution in [0.3, 0.4) is 0 Å². The highest BCUT2D eigenvalue weighted by Crippen LogP contribution is 2.36. The van der Waals surface area contributed by atoms with E-state index in [9.17, 15) is 0 Å². The molecule has 2 atom stereocenters. The normalized spacial score (nSPS) is 27.0. The number of hydrogen-bond donors (Lipinski definition) is 1. The molecule has 2 unspecified atom stereocenters. The molecule has 0 bridgehead atoms. The minimum Gasteiger partial charge on any atom is -0.367 e. The van der Waals surface area contributed by atoms with Crippen molar-refractivity contribution >= 4 is 17.3 Å². The molecule has 2 nitrogen and oxygen atoms in total. The second-order valence-corrected chi connectivity index (χ2v) is 6.65. The highest BCUT2D eigenvalue weighted by Gasteiger charge is 2.29. The molecule has 0 radical (unpaired) electrons. The lowest BCUT2D eigenvalue weighted by Crippen LogP contribution is -2.29. The number of benzene rings is 1. The second kappa shape index (κ2) is 5.34. The van der Waals surface area contributed by atoms with E-state index in [1.807, 2.05) is 6.07 Å². The Labute approximate surface area is 121 Å². The van der Waals surface area contributed by atoms with Gasteiger partial charge in [-0.25, -0.2) is 0 Å². The molecule has 3 heteroatoms. The van der Waals surface area contributed by atoms with Crippen LogP contribution in [0, 0.1) is 5.92 Å². The summed E-state index contributed by atoms with van der Waals surface area (Å²) in [6, 6.07) is 7.63. The summed E-state index contributed by atoms with van der Waals surface area (Å²) < 4.78 is 0. The Balaban J connectivity index is 1.84. The van der Waals surface area contributed by atoms with Crippen LogP contribution >= 0.6 is 11.6 Å². The molecule has 1 heterocycles. The van der Waals surface area contributed by atoms with Crippen LogP contribution in [-0.2, 0) is 6.54 Å². The van der Waals surface area contributed by atoms with Gasteiger partial charge in [0.25, 0.3) is 0 Å². The molecule has 1 aliphatic heterocycles. The van der Waals surface area contributed by atoms with Gasteiger partial charge in [-0.2, -0.15) is 0 Å². The van der Waals surface area contributed by atoms with Gasteiger partial charge in [-0.15, -0.1) is 0 Å². The first kappa shape index (κ1) is 13.3. The first-order valence-electron chi connectivity index (χ1n) is 7.42. The average Bonchev–Trinajstić information content (AvgIpc) is 3.12. The predicted molar refractivity (Wildman–Crippen MR) is 81.9 cm³/mol. The maximum Gasteiger partial charge on any atom is 0.0643 e. The van der Waals surface area contributed by atoms with Crippen molar-refractivity contribution in [3.8, 4) is 0 Å². The highest BCUT2D eigenvalue weighted by atomic mass is 35.5. The second-order valence-electron chi connectivity index (χ2n) is 6.24. The van der Waals surface area contributed by atoms with Gasteiger partial charge in [0.15, 0.2) is 0 Å². The molecule has 1 saturated heterocycles. The highest BCUT2D eigenvalue weighted by molar-refractivity contribution is 6.33. The van der Waals surface area contributed by atoms with Crippen molar-refractivity contribution in [2.75, 3.05) is 11.4 Å². The van der Waals surface area contributed by atoms with E-state index in [4.69, 9.17) is 11.6 Å².